The number of unbranched alkanes of at least 4 members (excludes halogenated alkanes) is 7. The molecule has 0 saturated heterocycles. The third-order valence-corrected chi connectivity index (χ3v) is 5.43. The molecule has 0 aromatic rings. The molecule has 20 heavy (non-hydrogen) atoms. The maximum atomic E-state index is 3.91. The van der Waals surface area contributed by atoms with Crippen LogP contribution in [0.1, 0.15) is 104 Å². The highest BCUT2D eigenvalue weighted by Crippen LogP contribution is 2.41. The third-order valence-electron chi connectivity index (χ3n) is 5.43. The van der Waals surface area contributed by atoms with Gasteiger partial charge in [0.2, 0.25) is 0 Å². The molecule has 1 fully saturated rings. The minimum Gasteiger partial charge on any atom is -0.0599 e. The molecule has 0 heterocycles. The molecule has 1 rings (SSSR count). The summed E-state index contributed by atoms with van der Waals surface area (Å²) in [6.45, 7) is 11.2. The average Bonchev–Trinajstić information content (AvgIpc) is 2.41. The molecular weight excluding hydrogens is 240 g/mol. The van der Waals surface area contributed by atoms with Crippen LogP contribution in [-0.4, -0.2) is 0 Å². The molecular formula is C20H39. The second-order valence-electron chi connectivity index (χ2n) is 8.20. The van der Waals surface area contributed by atoms with Crippen molar-refractivity contribution in [1.82, 2.24) is 0 Å². The van der Waals surface area contributed by atoms with E-state index in [4.69, 9.17) is 0 Å². The molecule has 0 heteroatoms. The Bertz CT molecular complexity index is 215. The number of hydrogen-bond acceptors (Lipinski definition) is 0. The fourth-order valence-corrected chi connectivity index (χ4v) is 3.81. The zero-order chi connectivity index (χ0) is 14.8. The highest BCUT2D eigenvalue weighted by Gasteiger charge is 2.29. The largest absolute Gasteiger partial charge is 0.0599 e. The van der Waals surface area contributed by atoms with E-state index in [0.29, 0.717) is 5.41 Å². The fourth-order valence-electron chi connectivity index (χ4n) is 3.81. The molecule has 0 unspecified atom stereocenters. The highest BCUT2D eigenvalue weighted by atomic mass is 14.3. The monoisotopic (exact) mass is 279 g/mol. The van der Waals surface area contributed by atoms with Gasteiger partial charge in [0.15, 0.2) is 0 Å². The SMILES string of the molecule is [CH2]CCCCCCCCCC1CCC(C(C)(C)C)CC1. The molecule has 1 aliphatic rings. The zero-order valence-corrected chi connectivity index (χ0v) is 14.6. The molecule has 0 aromatic carbocycles. The number of hydrogen-bond donors (Lipinski definition) is 0. The van der Waals surface area contributed by atoms with Crippen LogP contribution < -0.4 is 0 Å². The summed E-state index contributed by atoms with van der Waals surface area (Å²) >= 11 is 0. The van der Waals surface area contributed by atoms with Gasteiger partial charge in [-0.1, -0.05) is 98.3 Å². The van der Waals surface area contributed by atoms with Crippen LogP contribution in [0.25, 0.3) is 0 Å². The van der Waals surface area contributed by atoms with Crippen molar-refractivity contribution in [1.29, 1.82) is 0 Å². The van der Waals surface area contributed by atoms with E-state index in [1.807, 2.05) is 0 Å². The Morgan fingerprint density at radius 1 is 0.750 bits per heavy atom. The summed E-state index contributed by atoms with van der Waals surface area (Å²) in [6, 6.07) is 0. The molecule has 0 bridgehead atoms. The second kappa shape index (κ2) is 9.85. The van der Waals surface area contributed by atoms with Crippen LogP contribution in [0, 0.1) is 24.2 Å². The van der Waals surface area contributed by atoms with Crippen molar-refractivity contribution in [2.45, 2.75) is 104 Å². The molecule has 0 aliphatic heterocycles. The summed E-state index contributed by atoms with van der Waals surface area (Å²) in [4.78, 5) is 0. The van der Waals surface area contributed by atoms with E-state index in [0.717, 1.165) is 18.3 Å². The van der Waals surface area contributed by atoms with Gasteiger partial charge in [-0.3, -0.25) is 0 Å². The number of rotatable bonds is 9. The van der Waals surface area contributed by atoms with Crippen LogP contribution in [0.15, 0.2) is 0 Å². The van der Waals surface area contributed by atoms with Gasteiger partial charge >= 0.3 is 0 Å². The summed E-state index contributed by atoms with van der Waals surface area (Å²) in [7, 11) is 0. The minimum absolute atomic E-state index is 0.541. The Morgan fingerprint density at radius 2 is 1.25 bits per heavy atom. The zero-order valence-electron chi connectivity index (χ0n) is 14.6. The molecule has 0 atom stereocenters. The van der Waals surface area contributed by atoms with Gasteiger partial charge in [0.25, 0.3) is 0 Å². The third kappa shape index (κ3) is 7.70. The maximum absolute atomic E-state index is 3.91. The van der Waals surface area contributed by atoms with Crippen molar-refractivity contribution in [3.63, 3.8) is 0 Å². The summed E-state index contributed by atoms with van der Waals surface area (Å²) in [6.07, 6.45) is 18.7. The Morgan fingerprint density at radius 3 is 1.75 bits per heavy atom. The lowest BCUT2D eigenvalue weighted by Gasteiger charge is -2.37. The first-order valence-corrected chi connectivity index (χ1v) is 9.33. The predicted molar refractivity (Wildman–Crippen MR) is 91.8 cm³/mol. The van der Waals surface area contributed by atoms with Crippen LogP contribution in [0.5, 0.6) is 0 Å². The average molecular weight is 280 g/mol. The molecule has 0 amide bonds. The minimum atomic E-state index is 0.541. The van der Waals surface area contributed by atoms with Gasteiger partial charge in [-0.2, -0.15) is 0 Å². The van der Waals surface area contributed by atoms with Crippen LogP contribution in [0.3, 0.4) is 0 Å². The van der Waals surface area contributed by atoms with E-state index in [1.54, 1.807) is 0 Å². The van der Waals surface area contributed by atoms with Gasteiger partial charge in [-0.15, -0.1) is 0 Å². The van der Waals surface area contributed by atoms with Crippen LogP contribution in [0.4, 0.5) is 0 Å². The molecule has 1 saturated carbocycles. The van der Waals surface area contributed by atoms with Gasteiger partial charge in [-0.25, -0.2) is 0 Å². The molecule has 1 aliphatic carbocycles. The van der Waals surface area contributed by atoms with Gasteiger partial charge in [0, 0.05) is 0 Å². The van der Waals surface area contributed by atoms with E-state index in [9.17, 15) is 0 Å². The lowest BCUT2D eigenvalue weighted by atomic mass is 9.69. The molecule has 0 spiro atoms. The normalized spacial score (nSPS) is 24.0. The van der Waals surface area contributed by atoms with Gasteiger partial charge in [-0.05, 0) is 30.1 Å². The van der Waals surface area contributed by atoms with Crippen molar-refractivity contribution in [3.05, 3.63) is 6.92 Å². The Kier molecular flexibility index (Phi) is 8.89. The Hall–Kier alpha value is 0. The second-order valence-corrected chi connectivity index (χ2v) is 8.20. The first-order chi connectivity index (χ1) is 9.54. The van der Waals surface area contributed by atoms with Crippen LogP contribution >= 0.6 is 0 Å². The summed E-state index contributed by atoms with van der Waals surface area (Å²) in [5.74, 6) is 2.03. The summed E-state index contributed by atoms with van der Waals surface area (Å²) in [5, 5.41) is 0. The van der Waals surface area contributed by atoms with Crippen molar-refractivity contribution in [2.75, 3.05) is 0 Å². The van der Waals surface area contributed by atoms with Gasteiger partial charge in [0.1, 0.15) is 0 Å². The fraction of sp³-hybridized carbons (Fsp3) is 0.950. The van der Waals surface area contributed by atoms with E-state index < -0.39 is 0 Å². The van der Waals surface area contributed by atoms with Crippen molar-refractivity contribution >= 4 is 0 Å². The standard InChI is InChI=1S/C20H39/c1-5-6-7-8-9-10-11-12-13-18-14-16-19(17-15-18)20(2,3)4/h18-19H,1,5-17H2,2-4H3. The van der Waals surface area contributed by atoms with E-state index in [1.165, 1.54) is 77.0 Å². The smallest absolute Gasteiger partial charge is 0.0354 e. The summed E-state index contributed by atoms with van der Waals surface area (Å²) < 4.78 is 0. The molecule has 0 nitrogen and oxygen atoms in total. The first-order valence-electron chi connectivity index (χ1n) is 9.33. The lowest BCUT2D eigenvalue weighted by Crippen LogP contribution is -2.25. The van der Waals surface area contributed by atoms with Gasteiger partial charge in [0.05, 0.1) is 0 Å². The van der Waals surface area contributed by atoms with Crippen molar-refractivity contribution in [3.8, 4) is 0 Å². The molecule has 1 radical (unpaired) electrons. The topological polar surface area (TPSA) is 0 Å². The van der Waals surface area contributed by atoms with E-state index in [-0.39, 0.29) is 0 Å². The maximum Gasteiger partial charge on any atom is -0.0354 e. The Labute approximate surface area is 129 Å². The van der Waals surface area contributed by atoms with Gasteiger partial charge < -0.3 is 0 Å². The summed E-state index contributed by atoms with van der Waals surface area (Å²) in [5.41, 5.74) is 0.541. The highest BCUT2D eigenvalue weighted by molar-refractivity contribution is 4.80. The molecule has 119 valence electrons. The van der Waals surface area contributed by atoms with Crippen molar-refractivity contribution < 1.29 is 0 Å². The van der Waals surface area contributed by atoms with Crippen LogP contribution in [-0.2, 0) is 0 Å². The first kappa shape index (κ1) is 18.1. The Balaban J connectivity index is 1.94. The van der Waals surface area contributed by atoms with E-state index in [2.05, 4.69) is 27.7 Å². The quantitative estimate of drug-likeness (QED) is 0.392. The molecule has 0 aromatic heterocycles. The lowest BCUT2D eigenvalue weighted by molar-refractivity contribution is 0.145. The molecule has 0 N–H and O–H groups in total. The van der Waals surface area contributed by atoms with E-state index >= 15 is 0 Å². The van der Waals surface area contributed by atoms with Crippen LogP contribution in [0.2, 0.25) is 0 Å². The predicted octanol–water partition coefficient (Wildman–Crippen LogP) is 7.18. The van der Waals surface area contributed by atoms with Crippen molar-refractivity contribution in [2.24, 2.45) is 17.3 Å².